The van der Waals surface area contributed by atoms with Gasteiger partial charge in [0.15, 0.2) is 5.82 Å². The highest BCUT2D eigenvalue weighted by Crippen LogP contribution is 2.46. The molecule has 0 saturated heterocycles. The summed E-state index contributed by atoms with van der Waals surface area (Å²) in [4.78, 5) is 4.26. The van der Waals surface area contributed by atoms with E-state index in [1.54, 1.807) is 12.4 Å². The van der Waals surface area contributed by atoms with E-state index in [4.69, 9.17) is 10.8 Å². The largest absolute Gasteiger partial charge is 0.396 e. The molecule has 0 radical (unpaired) electrons. The van der Waals surface area contributed by atoms with Gasteiger partial charge in [-0.2, -0.15) is 0 Å². The maximum Gasteiger partial charge on any atom is 0.182 e. The van der Waals surface area contributed by atoms with Gasteiger partial charge in [0.05, 0.1) is 0 Å². The Bertz CT molecular complexity index is 553. The first-order valence-corrected chi connectivity index (χ1v) is 6.03. The number of rotatable bonds is 4. The van der Waals surface area contributed by atoms with Crippen LogP contribution < -0.4 is 5.73 Å². The topological polar surface area (TPSA) is 89.8 Å². The normalized spacial score (nSPS) is 22.1. The molecule has 1 aliphatic rings. The fourth-order valence-corrected chi connectivity index (χ4v) is 2.29. The second-order valence-corrected chi connectivity index (χ2v) is 4.58. The quantitative estimate of drug-likeness (QED) is 0.834. The van der Waals surface area contributed by atoms with E-state index in [1.807, 2.05) is 16.7 Å². The van der Waals surface area contributed by atoms with Gasteiger partial charge in [-0.1, -0.05) is 6.07 Å². The minimum Gasteiger partial charge on any atom is -0.396 e. The molecule has 6 heteroatoms. The summed E-state index contributed by atoms with van der Waals surface area (Å²) in [6.07, 6.45) is 3.61. The lowest BCUT2D eigenvalue weighted by molar-refractivity contribution is 0.277. The molecule has 1 fully saturated rings. The molecule has 6 nitrogen and oxygen atoms in total. The summed E-state index contributed by atoms with van der Waals surface area (Å²) in [5.41, 5.74) is 6.42. The third-order valence-electron chi connectivity index (χ3n) is 3.32. The predicted molar refractivity (Wildman–Crippen MR) is 66.5 cm³/mol. The van der Waals surface area contributed by atoms with Crippen LogP contribution in [0.4, 0.5) is 5.82 Å². The second kappa shape index (κ2) is 4.38. The molecule has 2 atom stereocenters. The summed E-state index contributed by atoms with van der Waals surface area (Å²) in [5.74, 6) is 1.74. The van der Waals surface area contributed by atoms with Crippen molar-refractivity contribution in [1.29, 1.82) is 0 Å². The number of anilines is 1. The van der Waals surface area contributed by atoms with E-state index in [1.165, 1.54) is 0 Å². The average molecular weight is 245 g/mol. The van der Waals surface area contributed by atoms with Gasteiger partial charge in [-0.3, -0.25) is 0 Å². The zero-order chi connectivity index (χ0) is 12.5. The number of aliphatic hydroxyl groups excluding tert-OH is 1. The maximum atomic E-state index is 8.95. The molecule has 1 saturated carbocycles. The Kier molecular flexibility index (Phi) is 2.71. The molecule has 0 bridgehead atoms. The summed E-state index contributed by atoms with van der Waals surface area (Å²) in [6.45, 7) is 0.231. The van der Waals surface area contributed by atoms with Crippen molar-refractivity contribution in [3.63, 3.8) is 0 Å². The van der Waals surface area contributed by atoms with Crippen LogP contribution in [-0.4, -0.2) is 31.5 Å². The first kappa shape index (κ1) is 11.2. The molecule has 0 spiro atoms. The Morgan fingerprint density at radius 1 is 1.44 bits per heavy atom. The number of hydrogen-bond acceptors (Lipinski definition) is 5. The second-order valence-electron chi connectivity index (χ2n) is 4.58. The van der Waals surface area contributed by atoms with Crippen LogP contribution >= 0.6 is 0 Å². The Balaban J connectivity index is 1.89. The average Bonchev–Trinajstić information content (AvgIpc) is 2.95. The van der Waals surface area contributed by atoms with Crippen LogP contribution in [0.5, 0.6) is 0 Å². The summed E-state index contributed by atoms with van der Waals surface area (Å²) in [7, 11) is 0. The molecule has 18 heavy (non-hydrogen) atoms. The number of hydrogen-bond donors (Lipinski definition) is 2. The molecule has 2 aromatic heterocycles. The van der Waals surface area contributed by atoms with Crippen LogP contribution in [0.25, 0.3) is 11.5 Å². The highest BCUT2D eigenvalue weighted by atomic mass is 16.3. The molecule has 0 aliphatic heterocycles. The monoisotopic (exact) mass is 245 g/mol. The Morgan fingerprint density at radius 2 is 2.33 bits per heavy atom. The van der Waals surface area contributed by atoms with Crippen LogP contribution in [0.2, 0.25) is 0 Å². The van der Waals surface area contributed by atoms with Crippen LogP contribution in [0.3, 0.4) is 0 Å². The molecule has 3 rings (SSSR count). The summed E-state index contributed by atoms with van der Waals surface area (Å²) in [5, 5.41) is 17.0. The fraction of sp³-hybridized carbons (Fsp3) is 0.417. The first-order chi connectivity index (χ1) is 8.79. The summed E-state index contributed by atoms with van der Waals surface area (Å²) < 4.78 is 2.03. The van der Waals surface area contributed by atoms with Gasteiger partial charge >= 0.3 is 0 Å². The molecule has 2 aromatic rings. The number of nitrogens with zero attached hydrogens (tertiary/aromatic N) is 4. The maximum absolute atomic E-state index is 8.95. The van der Waals surface area contributed by atoms with Crippen molar-refractivity contribution in [2.24, 2.45) is 5.92 Å². The molecular weight excluding hydrogens is 230 g/mol. The molecule has 2 unspecified atom stereocenters. The predicted octanol–water partition coefficient (Wildman–Crippen LogP) is 0.866. The van der Waals surface area contributed by atoms with Crippen LogP contribution in [0.1, 0.15) is 18.9 Å². The number of nitrogen functional groups attached to an aromatic ring is 1. The van der Waals surface area contributed by atoms with Gasteiger partial charge < -0.3 is 15.4 Å². The lowest BCUT2D eigenvalue weighted by Gasteiger charge is -2.05. The number of pyridine rings is 1. The lowest BCUT2D eigenvalue weighted by atomic mass is 10.3. The molecule has 3 N–H and O–H groups in total. The Morgan fingerprint density at radius 3 is 3.11 bits per heavy atom. The van der Waals surface area contributed by atoms with Crippen LogP contribution in [-0.2, 0) is 0 Å². The standard InChI is InChI=1S/C12H15N5O/c13-11-3-1-2-9(15-11)12-16-14-7-17(12)10-6-8(10)4-5-18/h1-3,7-8,10,18H,4-6H2,(H2,13,15). The van der Waals surface area contributed by atoms with E-state index in [0.29, 0.717) is 17.8 Å². The Labute approximate surface area is 104 Å². The van der Waals surface area contributed by atoms with Crippen molar-refractivity contribution >= 4 is 5.82 Å². The van der Waals surface area contributed by atoms with Crippen molar-refractivity contribution in [3.8, 4) is 11.5 Å². The molecule has 94 valence electrons. The van der Waals surface area contributed by atoms with Gasteiger partial charge in [0.1, 0.15) is 17.8 Å². The van der Waals surface area contributed by atoms with Gasteiger partial charge in [-0.05, 0) is 30.9 Å². The van der Waals surface area contributed by atoms with E-state index in [-0.39, 0.29) is 6.61 Å². The van der Waals surface area contributed by atoms with E-state index in [9.17, 15) is 0 Å². The number of nitrogens with two attached hydrogens (primary N) is 1. The zero-order valence-corrected chi connectivity index (χ0v) is 9.90. The summed E-state index contributed by atoms with van der Waals surface area (Å²) >= 11 is 0. The van der Waals surface area contributed by atoms with Crippen molar-refractivity contribution in [3.05, 3.63) is 24.5 Å². The van der Waals surface area contributed by atoms with Gasteiger partial charge in [0, 0.05) is 12.6 Å². The molecule has 0 aromatic carbocycles. The van der Waals surface area contributed by atoms with Gasteiger partial charge in [0.25, 0.3) is 0 Å². The van der Waals surface area contributed by atoms with E-state index >= 15 is 0 Å². The zero-order valence-electron chi connectivity index (χ0n) is 9.90. The van der Waals surface area contributed by atoms with Crippen LogP contribution in [0, 0.1) is 5.92 Å². The third kappa shape index (κ3) is 1.95. The van der Waals surface area contributed by atoms with Crippen molar-refractivity contribution in [2.45, 2.75) is 18.9 Å². The van der Waals surface area contributed by atoms with E-state index in [0.717, 1.165) is 24.4 Å². The van der Waals surface area contributed by atoms with Crippen molar-refractivity contribution in [2.75, 3.05) is 12.3 Å². The number of aliphatic hydroxyl groups is 1. The highest BCUT2D eigenvalue weighted by Gasteiger charge is 2.39. The van der Waals surface area contributed by atoms with E-state index in [2.05, 4.69) is 15.2 Å². The Hall–Kier alpha value is -1.95. The molecule has 1 aliphatic carbocycles. The minimum atomic E-state index is 0.231. The molecule has 2 heterocycles. The first-order valence-electron chi connectivity index (χ1n) is 6.03. The van der Waals surface area contributed by atoms with Gasteiger partial charge in [-0.25, -0.2) is 4.98 Å². The number of aromatic nitrogens is 4. The summed E-state index contributed by atoms with van der Waals surface area (Å²) in [6, 6.07) is 5.86. The molecule has 0 amide bonds. The van der Waals surface area contributed by atoms with Crippen LogP contribution in [0.15, 0.2) is 24.5 Å². The van der Waals surface area contributed by atoms with Gasteiger partial charge in [-0.15, -0.1) is 10.2 Å². The highest BCUT2D eigenvalue weighted by molar-refractivity contribution is 5.52. The van der Waals surface area contributed by atoms with Gasteiger partial charge in [0.2, 0.25) is 0 Å². The van der Waals surface area contributed by atoms with Crippen molar-refractivity contribution < 1.29 is 5.11 Å². The smallest absolute Gasteiger partial charge is 0.182 e. The van der Waals surface area contributed by atoms with Crippen molar-refractivity contribution in [1.82, 2.24) is 19.7 Å². The third-order valence-corrected chi connectivity index (χ3v) is 3.32. The minimum absolute atomic E-state index is 0.231. The van der Waals surface area contributed by atoms with E-state index < -0.39 is 0 Å². The molecular formula is C12H15N5O. The SMILES string of the molecule is Nc1cccc(-c2nncn2C2CC2CCO)n1. The fourth-order valence-electron chi connectivity index (χ4n) is 2.29. The lowest BCUT2D eigenvalue weighted by Crippen LogP contribution is -2.01.